The molecule has 4 N–H and O–H groups in total. The summed E-state index contributed by atoms with van der Waals surface area (Å²) in [7, 11) is 1.45. The van der Waals surface area contributed by atoms with Crippen molar-refractivity contribution >= 4 is 16.6 Å². The Morgan fingerprint density at radius 2 is 1.75 bits per heavy atom. The van der Waals surface area contributed by atoms with Crippen molar-refractivity contribution in [1.82, 2.24) is 4.57 Å². The minimum atomic E-state index is -1.72. The molecule has 200 valence electrons. The molecule has 0 bridgehead atoms. The summed E-state index contributed by atoms with van der Waals surface area (Å²) in [5.41, 5.74) is -0.675. The molecule has 2 aromatic rings. The highest BCUT2D eigenvalue weighted by atomic mass is 16.7. The predicted molar refractivity (Wildman–Crippen MR) is 129 cm³/mol. The predicted octanol–water partition coefficient (Wildman–Crippen LogP) is 1.36. The molecule has 12 nitrogen and oxygen atoms in total. The van der Waals surface area contributed by atoms with Crippen molar-refractivity contribution in [2.75, 3.05) is 13.2 Å². The first kappa shape index (κ1) is 27.8. The number of aliphatic hydroxyl groups is 4. The summed E-state index contributed by atoms with van der Waals surface area (Å²) < 4.78 is 18.3. The number of aromatic nitrogens is 1. The van der Waals surface area contributed by atoms with Gasteiger partial charge >= 0.3 is 0 Å². The maximum atomic E-state index is 13.2. The van der Waals surface area contributed by atoms with E-state index in [-0.39, 0.29) is 34.7 Å². The van der Waals surface area contributed by atoms with Gasteiger partial charge in [0.1, 0.15) is 24.4 Å². The number of rotatable bonds is 12. The second-order valence-corrected chi connectivity index (χ2v) is 8.91. The Balaban J connectivity index is 1.98. The monoisotopic (exact) mass is 510 g/mol. The molecular weight excluding hydrogens is 476 g/mol. The number of fused-ring (bicyclic) bond motifs is 1. The molecule has 0 saturated carbocycles. The fraction of sp³-hybridized carbons (Fsp3) is 0.625. The van der Waals surface area contributed by atoms with Crippen LogP contribution in [0.2, 0.25) is 0 Å². The summed E-state index contributed by atoms with van der Waals surface area (Å²) in [6, 6.07) is 3.85. The van der Waals surface area contributed by atoms with Crippen LogP contribution in [0.25, 0.3) is 10.9 Å². The van der Waals surface area contributed by atoms with Crippen molar-refractivity contribution in [2.45, 2.75) is 76.2 Å². The molecule has 0 amide bonds. The molecule has 2 heterocycles. The molecule has 36 heavy (non-hydrogen) atoms. The Morgan fingerprint density at radius 3 is 2.42 bits per heavy atom. The number of aryl methyl sites for hydroxylation is 1. The number of nitro benzene ring substituents is 1. The third-order valence-electron chi connectivity index (χ3n) is 6.33. The smallest absolute Gasteiger partial charge is 0.297 e. The zero-order valence-corrected chi connectivity index (χ0v) is 20.4. The largest absolute Gasteiger partial charge is 0.485 e. The van der Waals surface area contributed by atoms with Crippen molar-refractivity contribution in [3.8, 4) is 11.5 Å². The average molecular weight is 511 g/mol. The van der Waals surface area contributed by atoms with Crippen LogP contribution in [0.5, 0.6) is 11.5 Å². The van der Waals surface area contributed by atoms with E-state index >= 15 is 0 Å². The van der Waals surface area contributed by atoms with E-state index in [0.717, 1.165) is 32.1 Å². The molecular formula is C24H34N2O10. The summed E-state index contributed by atoms with van der Waals surface area (Å²) in [4.78, 5) is 23.9. The van der Waals surface area contributed by atoms with Gasteiger partial charge in [-0.15, -0.1) is 0 Å². The minimum absolute atomic E-state index is 0.127. The number of non-ortho nitro benzene ring substituents is 1. The van der Waals surface area contributed by atoms with Gasteiger partial charge < -0.3 is 39.2 Å². The molecule has 0 unspecified atom stereocenters. The zero-order chi connectivity index (χ0) is 26.4. The van der Waals surface area contributed by atoms with Crippen LogP contribution in [0, 0.1) is 10.1 Å². The van der Waals surface area contributed by atoms with Crippen LogP contribution in [0.15, 0.2) is 23.0 Å². The summed E-state index contributed by atoms with van der Waals surface area (Å²) in [6.45, 7) is 1.69. The van der Waals surface area contributed by atoms with Gasteiger partial charge in [0.2, 0.25) is 12.0 Å². The molecule has 1 fully saturated rings. The average Bonchev–Trinajstić information content (AvgIpc) is 2.87. The van der Waals surface area contributed by atoms with Crippen LogP contribution in [0.1, 0.15) is 45.4 Å². The quantitative estimate of drug-likeness (QED) is 0.185. The van der Waals surface area contributed by atoms with Crippen LogP contribution >= 0.6 is 0 Å². The van der Waals surface area contributed by atoms with Gasteiger partial charge in [0.25, 0.3) is 11.2 Å². The number of unbranched alkanes of at least 4 members (excludes halogenated alkanes) is 5. The maximum absolute atomic E-state index is 13.2. The molecule has 3 rings (SSSR count). The van der Waals surface area contributed by atoms with E-state index < -0.39 is 47.8 Å². The van der Waals surface area contributed by atoms with E-state index in [4.69, 9.17) is 14.2 Å². The van der Waals surface area contributed by atoms with Crippen LogP contribution in [0.3, 0.4) is 0 Å². The lowest BCUT2D eigenvalue weighted by Gasteiger charge is -2.39. The standard InChI is InChI=1S/C24H34N2O10/c1-3-4-5-6-7-8-11-34-22-21(36-24-20(30)19(29)18(28)17(13-27)35-24)15-10-9-14(26(32)33)12-16(15)25(2)23(22)31/h9-10,12,17-20,24,27-30H,3-8,11,13H2,1-2H3/t17-,18+,19+,20-,24+/m1/s1. The normalized spacial score (nSPS) is 24.1. The fourth-order valence-electron chi connectivity index (χ4n) is 4.17. The van der Waals surface area contributed by atoms with Crippen molar-refractivity contribution in [1.29, 1.82) is 0 Å². The van der Waals surface area contributed by atoms with Crippen molar-refractivity contribution in [2.24, 2.45) is 7.05 Å². The van der Waals surface area contributed by atoms with Gasteiger partial charge in [-0.2, -0.15) is 0 Å². The number of aliphatic hydroxyl groups excluding tert-OH is 4. The maximum Gasteiger partial charge on any atom is 0.297 e. The Labute approximate surface area is 207 Å². The Kier molecular flexibility index (Phi) is 9.63. The Morgan fingerprint density at radius 1 is 1.06 bits per heavy atom. The number of nitrogens with zero attached hydrogens (tertiary/aromatic N) is 2. The molecule has 5 atom stereocenters. The fourth-order valence-corrected chi connectivity index (χ4v) is 4.17. The van der Waals surface area contributed by atoms with Crippen molar-refractivity contribution < 1.29 is 39.6 Å². The van der Waals surface area contributed by atoms with Crippen LogP contribution in [-0.4, -0.2) is 73.8 Å². The molecule has 1 aliphatic rings. The van der Waals surface area contributed by atoms with Crippen LogP contribution < -0.4 is 15.0 Å². The highest BCUT2D eigenvalue weighted by Crippen LogP contribution is 2.37. The van der Waals surface area contributed by atoms with Crippen LogP contribution in [-0.2, 0) is 11.8 Å². The van der Waals surface area contributed by atoms with E-state index in [1.54, 1.807) is 0 Å². The Hall–Kier alpha value is -2.77. The molecule has 1 aromatic carbocycles. The van der Waals surface area contributed by atoms with Crippen molar-refractivity contribution in [3.63, 3.8) is 0 Å². The topological polar surface area (TPSA) is 174 Å². The lowest BCUT2D eigenvalue weighted by atomic mass is 9.99. The number of benzene rings is 1. The summed E-state index contributed by atoms with van der Waals surface area (Å²) in [6.07, 6.45) is -1.77. The number of nitro groups is 1. The second kappa shape index (κ2) is 12.5. The first-order chi connectivity index (χ1) is 17.2. The van der Waals surface area contributed by atoms with Gasteiger partial charge in [-0.25, -0.2) is 0 Å². The third kappa shape index (κ3) is 5.95. The van der Waals surface area contributed by atoms with Gasteiger partial charge in [0, 0.05) is 24.6 Å². The van der Waals surface area contributed by atoms with Crippen molar-refractivity contribution in [3.05, 3.63) is 38.7 Å². The minimum Gasteiger partial charge on any atom is -0.485 e. The first-order valence-electron chi connectivity index (χ1n) is 12.1. The van der Waals surface area contributed by atoms with E-state index in [9.17, 15) is 35.3 Å². The highest BCUT2D eigenvalue weighted by molar-refractivity contribution is 5.89. The van der Waals surface area contributed by atoms with Gasteiger partial charge in [-0.3, -0.25) is 14.9 Å². The van der Waals surface area contributed by atoms with Gasteiger partial charge in [0.15, 0.2) is 5.75 Å². The highest BCUT2D eigenvalue weighted by Gasteiger charge is 2.45. The zero-order valence-electron chi connectivity index (χ0n) is 20.4. The summed E-state index contributed by atoms with van der Waals surface area (Å²) in [5.74, 6) is -0.303. The number of hydrogen-bond donors (Lipinski definition) is 4. The second-order valence-electron chi connectivity index (χ2n) is 8.91. The third-order valence-corrected chi connectivity index (χ3v) is 6.33. The molecule has 12 heteroatoms. The Bertz CT molecular complexity index is 1100. The summed E-state index contributed by atoms with van der Waals surface area (Å²) >= 11 is 0. The van der Waals surface area contributed by atoms with E-state index in [2.05, 4.69) is 6.92 Å². The molecule has 1 saturated heterocycles. The molecule has 0 aliphatic carbocycles. The number of ether oxygens (including phenoxy) is 3. The number of hydrogen-bond acceptors (Lipinski definition) is 10. The summed E-state index contributed by atoms with van der Waals surface area (Å²) in [5, 5.41) is 51.7. The number of pyridine rings is 1. The van der Waals surface area contributed by atoms with Gasteiger partial charge in [-0.05, 0) is 12.5 Å². The van der Waals surface area contributed by atoms with Gasteiger partial charge in [-0.1, -0.05) is 39.0 Å². The molecule has 1 aromatic heterocycles. The lowest BCUT2D eigenvalue weighted by Crippen LogP contribution is -2.60. The lowest BCUT2D eigenvalue weighted by molar-refractivity contribution is -0.384. The molecule has 0 spiro atoms. The van der Waals surface area contributed by atoms with Gasteiger partial charge in [0.05, 0.1) is 23.7 Å². The van der Waals surface area contributed by atoms with Crippen LogP contribution in [0.4, 0.5) is 5.69 Å². The molecule has 1 aliphatic heterocycles. The van der Waals surface area contributed by atoms with E-state index in [0.29, 0.717) is 6.42 Å². The SMILES string of the molecule is CCCCCCCCOc1c(O[C@@H]2O[C@H](CO)[C@H](O)[C@H](O)[C@H]2O)c2ccc([N+](=O)[O-])cc2n(C)c1=O. The first-order valence-corrected chi connectivity index (χ1v) is 12.1. The van der Waals surface area contributed by atoms with E-state index in [1.165, 1.54) is 29.8 Å². The molecule has 0 radical (unpaired) electrons. The van der Waals surface area contributed by atoms with E-state index in [1.807, 2.05) is 0 Å².